The molecule has 2 N–H and O–H groups in total. The number of hydrogen-bond acceptors (Lipinski definition) is 10. The van der Waals surface area contributed by atoms with Crippen LogP contribution in [-0.4, -0.2) is 39.2 Å². The van der Waals surface area contributed by atoms with Crippen molar-refractivity contribution in [3.8, 4) is 11.5 Å². The number of anilines is 4. The van der Waals surface area contributed by atoms with Gasteiger partial charge in [0.1, 0.15) is 0 Å². The van der Waals surface area contributed by atoms with E-state index in [2.05, 4.69) is 67.6 Å². The largest absolute Gasteiger partial charge is 0.448 e. The molecule has 0 saturated carbocycles. The molecule has 1 aromatic heterocycles. The monoisotopic (exact) mass is 734 g/mol. The van der Waals surface area contributed by atoms with Crippen molar-refractivity contribution in [2.24, 2.45) is 5.10 Å². The van der Waals surface area contributed by atoms with E-state index in [4.69, 9.17) is 4.74 Å². The topological polar surface area (TPSA) is 131 Å². The minimum absolute atomic E-state index is 0.123. The first-order valence-electron chi connectivity index (χ1n) is 13.2. The van der Waals surface area contributed by atoms with Crippen LogP contribution in [0.25, 0.3) is 0 Å². The van der Waals surface area contributed by atoms with Crippen LogP contribution in [0.5, 0.6) is 11.5 Å². The van der Waals surface area contributed by atoms with Gasteiger partial charge in [-0.15, -0.1) is 0 Å². The zero-order valence-electron chi connectivity index (χ0n) is 22.7. The third-order valence-electron chi connectivity index (χ3n) is 6.39. The van der Waals surface area contributed by atoms with Crippen molar-refractivity contribution in [2.45, 2.75) is 25.4 Å². The molecule has 0 unspecified atom stereocenters. The molecule has 0 atom stereocenters. The van der Waals surface area contributed by atoms with E-state index in [0.717, 1.165) is 50.2 Å². The predicted octanol–water partition coefficient (Wildman–Crippen LogP) is 8.30. The van der Waals surface area contributed by atoms with E-state index in [1.165, 1.54) is 6.21 Å². The fourth-order valence-corrected chi connectivity index (χ4v) is 5.69. The van der Waals surface area contributed by atoms with Crippen molar-refractivity contribution < 1.29 is 22.8 Å². The van der Waals surface area contributed by atoms with Gasteiger partial charge in [0.05, 0.1) is 25.6 Å². The molecule has 0 spiro atoms. The van der Waals surface area contributed by atoms with Crippen LogP contribution in [-0.2, 0) is 6.18 Å². The Hall–Kier alpha value is -4.31. The van der Waals surface area contributed by atoms with E-state index < -0.39 is 22.4 Å². The lowest BCUT2D eigenvalue weighted by molar-refractivity contribution is -0.385. The Morgan fingerprint density at radius 1 is 0.955 bits per heavy atom. The molecule has 1 fully saturated rings. The van der Waals surface area contributed by atoms with Crippen LogP contribution in [0.3, 0.4) is 0 Å². The number of benzene rings is 3. The molecule has 1 aliphatic heterocycles. The zero-order valence-corrected chi connectivity index (χ0v) is 25.9. The number of rotatable bonds is 9. The number of hydrazone groups is 1. The van der Waals surface area contributed by atoms with E-state index in [1.54, 1.807) is 12.1 Å². The molecule has 228 valence electrons. The number of alkyl halides is 3. The highest BCUT2D eigenvalue weighted by molar-refractivity contribution is 9.11. The highest BCUT2D eigenvalue weighted by atomic mass is 79.9. The number of nitrogens with one attached hydrogen (secondary N) is 2. The van der Waals surface area contributed by atoms with Gasteiger partial charge in [-0.2, -0.15) is 33.2 Å². The summed E-state index contributed by atoms with van der Waals surface area (Å²) < 4.78 is 45.6. The first-order valence-corrected chi connectivity index (χ1v) is 14.8. The molecule has 44 heavy (non-hydrogen) atoms. The molecule has 2 heterocycles. The molecule has 0 radical (unpaired) electrons. The van der Waals surface area contributed by atoms with Gasteiger partial charge in [0.25, 0.3) is 0 Å². The summed E-state index contributed by atoms with van der Waals surface area (Å²) in [7, 11) is 0. The Labute approximate surface area is 266 Å². The molecular formula is C28H23Br2F3N8O3. The summed E-state index contributed by atoms with van der Waals surface area (Å²) in [5.74, 6) is 0.877. The lowest BCUT2D eigenvalue weighted by Gasteiger charge is -2.26. The van der Waals surface area contributed by atoms with E-state index in [9.17, 15) is 23.3 Å². The van der Waals surface area contributed by atoms with E-state index in [-0.39, 0.29) is 17.4 Å². The number of piperidine rings is 1. The second kappa shape index (κ2) is 13.5. The Morgan fingerprint density at radius 2 is 1.64 bits per heavy atom. The molecule has 0 aliphatic carbocycles. The van der Waals surface area contributed by atoms with Crippen molar-refractivity contribution in [2.75, 3.05) is 28.7 Å². The van der Waals surface area contributed by atoms with Crippen LogP contribution in [0.1, 0.15) is 30.4 Å². The second-order valence-electron chi connectivity index (χ2n) is 9.54. The molecule has 1 aliphatic rings. The standard InChI is InChI=1S/C28H23Br2F3N8O3/c29-20-13-17(14-21(30)24(20)44-23-10-9-18(28(31,32)33)15-22(23)41(42)43)16-34-39-26-36-25(35-19-7-3-1-4-8-19)37-27(38-26)40-11-5-2-6-12-40/h1,3-4,7-10,13-16H,2,5-6,11-12H2,(H2,35,36,37,38,39)/b34-16+. The normalized spacial score (nSPS) is 13.6. The Balaban J connectivity index is 1.35. The highest BCUT2D eigenvalue weighted by Gasteiger charge is 2.33. The maximum absolute atomic E-state index is 13.1. The Kier molecular flexibility index (Phi) is 9.58. The number of nitro benzene ring substituents is 1. The van der Waals surface area contributed by atoms with Gasteiger partial charge >= 0.3 is 11.9 Å². The maximum Gasteiger partial charge on any atom is 0.416 e. The number of para-hydroxylation sites is 1. The number of hydrogen-bond donors (Lipinski definition) is 2. The van der Waals surface area contributed by atoms with Crippen molar-refractivity contribution in [1.29, 1.82) is 0 Å². The van der Waals surface area contributed by atoms with Crippen molar-refractivity contribution in [3.63, 3.8) is 0 Å². The van der Waals surface area contributed by atoms with Crippen molar-refractivity contribution in [3.05, 3.63) is 90.9 Å². The molecule has 3 aromatic carbocycles. The summed E-state index contributed by atoms with van der Waals surface area (Å²) in [6.45, 7) is 1.67. The third kappa shape index (κ3) is 7.79. The van der Waals surface area contributed by atoms with Gasteiger partial charge in [-0.3, -0.25) is 10.1 Å². The fraction of sp³-hybridized carbons (Fsp3) is 0.214. The van der Waals surface area contributed by atoms with Crippen LogP contribution in [0.4, 0.5) is 42.4 Å². The second-order valence-corrected chi connectivity index (χ2v) is 11.3. The molecule has 0 bridgehead atoms. The molecule has 5 rings (SSSR count). The first-order chi connectivity index (χ1) is 21.1. The smallest absolute Gasteiger partial charge is 0.416 e. The lowest BCUT2D eigenvalue weighted by Crippen LogP contribution is -2.31. The summed E-state index contributed by atoms with van der Waals surface area (Å²) in [5, 5.41) is 18.9. The fourth-order valence-electron chi connectivity index (χ4n) is 4.31. The molecule has 16 heteroatoms. The number of ether oxygens (including phenoxy) is 1. The molecule has 1 saturated heterocycles. The highest BCUT2D eigenvalue weighted by Crippen LogP contribution is 2.42. The summed E-state index contributed by atoms with van der Waals surface area (Å²) in [6, 6.07) is 14.8. The predicted molar refractivity (Wildman–Crippen MR) is 167 cm³/mol. The Morgan fingerprint density at radius 3 is 2.30 bits per heavy atom. The number of halogens is 5. The van der Waals surface area contributed by atoms with Crippen LogP contribution in [0, 0.1) is 10.1 Å². The van der Waals surface area contributed by atoms with E-state index >= 15 is 0 Å². The average molecular weight is 736 g/mol. The van der Waals surface area contributed by atoms with Gasteiger partial charge in [0.2, 0.25) is 23.6 Å². The van der Waals surface area contributed by atoms with Crippen LogP contribution < -0.4 is 20.4 Å². The van der Waals surface area contributed by atoms with Gasteiger partial charge < -0.3 is 15.0 Å². The van der Waals surface area contributed by atoms with E-state index in [0.29, 0.717) is 32.5 Å². The SMILES string of the molecule is O=[N+]([O-])c1cc(C(F)(F)F)ccc1Oc1c(Br)cc(/C=N/Nc2nc(Nc3ccccc3)nc(N3CCCCC3)n2)cc1Br. The minimum atomic E-state index is -4.74. The molecule has 11 nitrogen and oxygen atoms in total. The quantitative estimate of drug-likeness (QED) is 0.0990. The van der Waals surface area contributed by atoms with Gasteiger partial charge in [-0.25, -0.2) is 5.43 Å². The van der Waals surface area contributed by atoms with Crippen LogP contribution in [0.15, 0.2) is 74.7 Å². The number of nitro groups is 1. The summed E-state index contributed by atoms with van der Waals surface area (Å²) in [5.41, 5.74) is 2.26. The van der Waals surface area contributed by atoms with Gasteiger partial charge in [0.15, 0.2) is 5.75 Å². The van der Waals surface area contributed by atoms with Crippen LogP contribution >= 0.6 is 31.9 Å². The third-order valence-corrected chi connectivity index (χ3v) is 7.56. The lowest BCUT2D eigenvalue weighted by atomic mass is 10.1. The van der Waals surface area contributed by atoms with Gasteiger partial charge in [0, 0.05) is 24.8 Å². The summed E-state index contributed by atoms with van der Waals surface area (Å²) in [6.07, 6.45) is 0.000127. The van der Waals surface area contributed by atoms with Gasteiger partial charge in [-0.05, 0) is 93.1 Å². The summed E-state index contributed by atoms with van der Waals surface area (Å²) >= 11 is 6.72. The number of nitrogens with zero attached hydrogens (tertiary/aromatic N) is 6. The zero-order chi connectivity index (χ0) is 31.3. The van der Waals surface area contributed by atoms with Gasteiger partial charge in [-0.1, -0.05) is 18.2 Å². The average Bonchev–Trinajstić information content (AvgIpc) is 2.99. The summed E-state index contributed by atoms with van der Waals surface area (Å²) in [4.78, 5) is 26.2. The molecule has 4 aromatic rings. The number of aromatic nitrogens is 3. The Bertz CT molecular complexity index is 1660. The minimum Gasteiger partial charge on any atom is -0.448 e. The van der Waals surface area contributed by atoms with Crippen molar-refractivity contribution in [1.82, 2.24) is 15.0 Å². The van der Waals surface area contributed by atoms with Crippen molar-refractivity contribution >= 4 is 67.3 Å². The van der Waals surface area contributed by atoms with Crippen LogP contribution in [0.2, 0.25) is 0 Å². The van der Waals surface area contributed by atoms with E-state index in [1.807, 2.05) is 30.3 Å². The molecule has 0 amide bonds. The maximum atomic E-state index is 13.1. The molecular weight excluding hydrogens is 713 g/mol. The first kappa shape index (κ1) is 31.1.